The Morgan fingerprint density at radius 3 is 2.57 bits per heavy atom. The maximum absolute atomic E-state index is 13.1. The molecule has 0 saturated carbocycles. The van der Waals surface area contributed by atoms with Crippen molar-refractivity contribution in [3.63, 3.8) is 0 Å². The second-order valence-electron chi connectivity index (χ2n) is 5.64. The highest BCUT2D eigenvalue weighted by Crippen LogP contribution is 2.28. The molecule has 0 bridgehead atoms. The molecule has 0 fully saturated rings. The van der Waals surface area contributed by atoms with Gasteiger partial charge in [0, 0.05) is 24.4 Å². The number of benzene rings is 1. The van der Waals surface area contributed by atoms with Gasteiger partial charge in [-0.1, -0.05) is 26.0 Å². The summed E-state index contributed by atoms with van der Waals surface area (Å²) in [5.41, 5.74) is 3.62. The molecular weight excluding hydrogens is 269 g/mol. The topological polar surface area (TPSA) is 68.8 Å². The van der Waals surface area contributed by atoms with Gasteiger partial charge in [-0.15, -0.1) is 0 Å². The summed E-state index contributed by atoms with van der Waals surface area (Å²) < 4.78 is 15.0. The van der Waals surface area contributed by atoms with Gasteiger partial charge in [0.1, 0.15) is 18.0 Å². The number of rotatable bonds is 6. The van der Waals surface area contributed by atoms with Crippen LogP contribution < -0.4 is 11.3 Å². The molecule has 2 rings (SSSR count). The Bertz CT molecular complexity index is 576. The number of hydrazine groups is 1. The van der Waals surface area contributed by atoms with Crippen LogP contribution in [0, 0.1) is 5.82 Å². The molecule has 1 unspecified atom stereocenters. The Balaban J connectivity index is 2.25. The zero-order chi connectivity index (χ0) is 15.5. The van der Waals surface area contributed by atoms with Gasteiger partial charge in [-0.3, -0.25) is 16.0 Å². The first kappa shape index (κ1) is 15.6. The van der Waals surface area contributed by atoms with E-state index in [-0.39, 0.29) is 17.3 Å². The molecular formula is C15H22FN5. The van der Waals surface area contributed by atoms with E-state index in [4.69, 9.17) is 5.84 Å². The second-order valence-corrected chi connectivity index (χ2v) is 5.64. The minimum atomic E-state index is -0.271. The van der Waals surface area contributed by atoms with Crippen molar-refractivity contribution in [3.8, 4) is 0 Å². The highest BCUT2D eigenvalue weighted by Gasteiger charge is 2.31. The van der Waals surface area contributed by atoms with E-state index in [0.29, 0.717) is 6.42 Å². The van der Waals surface area contributed by atoms with E-state index < -0.39 is 0 Å². The van der Waals surface area contributed by atoms with Gasteiger partial charge in [0.2, 0.25) is 0 Å². The zero-order valence-electron chi connectivity index (χ0n) is 12.7. The number of aryl methyl sites for hydroxylation is 1. The molecule has 0 radical (unpaired) electrons. The van der Waals surface area contributed by atoms with Crippen molar-refractivity contribution in [2.75, 3.05) is 0 Å². The van der Waals surface area contributed by atoms with Gasteiger partial charge in [0.25, 0.3) is 0 Å². The quantitative estimate of drug-likeness (QED) is 0.629. The smallest absolute Gasteiger partial charge is 0.138 e. The normalized spacial score (nSPS) is 13.4. The van der Waals surface area contributed by atoms with Gasteiger partial charge in [-0.2, -0.15) is 5.10 Å². The average Bonchev–Trinajstić information content (AvgIpc) is 2.92. The van der Waals surface area contributed by atoms with Crippen LogP contribution in [0.5, 0.6) is 0 Å². The summed E-state index contributed by atoms with van der Waals surface area (Å²) in [6.45, 7) is 6.95. The molecule has 21 heavy (non-hydrogen) atoms. The predicted molar refractivity (Wildman–Crippen MR) is 79.9 cm³/mol. The molecule has 5 nitrogen and oxygen atoms in total. The molecule has 0 aliphatic rings. The second kappa shape index (κ2) is 6.32. The summed E-state index contributed by atoms with van der Waals surface area (Å²) in [6, 6.07) is 6.49. The number of aromatic nitrogens is 3. The van der Waals surface area contributed by atoms with Crippen LogP contribution in [-0.2, 0) is 18.4 Å². The maximum Gasteiger partial charge on any atom is 0.138 e. The lowest BCUT2D eigenvalue weighted by molar-refractivity contribution is 0.332. The van der Waals surface area contributed by atoms with E-state index in [2.05, 4.69) is 29.4 Å². The summed E-state index contributed by atoms with van der Waals surface area (Å²) in [6.07, 6.45) is 2.20. The maximum atomic E-state index is 13.1. The van der Waals surface area contributed by atoms with Crippen molar-refractivity contribution in [2.45, 2.75) is 45.2 Å². The van der Waals surface area contributed by atoms with E-state index in [0.717, 1.165) is 17.9 Å². The molecule has 6 heteroatoms. The molecule has 1 atom stereocenters. The fourth-order valence-corrected chi connectivity index (χ4v) is 2.50. The third kappa shape index (κ3) is 3.28. The number of nitrogens with two attached hydrogens (primary N) is 1. The predicted octanol–water partition coefficient (Wildman–Crippen LogP) is 1.79. The van der Waals surface area contributed by atoms with E-state index in [1.54, 1.807) is 18.5 Å². The third-order valence-electron chi connectivity index (χ3n) is 4.04. The highest BCUT2D eigenvalue weighted by molar-refractivity contribution is 5.27. The van der Waals surface area contributed by atoms with Crippen LogP contribution in [0.2, 0.25) is 0 Å². The van der Waals surface area contributed by atoms with Crippen LogP contribution in [0.3, 0.4) is 0 Å². The Hall–Kier alpha value is -1.79. The molecule has 3 N–H and O–H groups in total. The molecule has 1 aromatic heterocycles. The van der Waals surface area contributed by atoms with Crippen LogP contribution in [0.4, 0.5) is 4.39 Å². The Labute approximate surface area is 124 Å². The zero-order valence-corrected chi connectivity index (χ0v) is 12.7. The van der Waals surface area contributed by atoms with Crippen molar-refractivity contribution < 1.29 is 4.39 Å². The molecule has 1 aromatic carbocycles. The summed E-state index contributed by atoms with van der Waals surface area (Å²) in [4.78, 5) is 4.29. The number of hydrogen-bond donors (Lipinski definition) is 2. The monoisotopic (exact) mass is 291 g/mol. The van der Waals surface area contributed by atoms with Gasteiger partial charge in [0.05, 0.1) is 0 Å². The third-order valence-corrected chi connectivity index (χ3v) is 4.04. The molecule has 114 valence electrons. The van der Waals surface area contributed by atoms with Crippen molar-refractivity contribution in [1.82, 2.24) is 20.2 Å². The first-order valence-corrected chi connectivity index (χ1v) is 7.08. The van der Waals surface area contributed by atoms with Crippen LogP contribution in [-0.4, -0.2) is 20.8 Å². The SMILES string of the molecule is CCn1ncnc1CC(NN)C(C)(C)c1ccc(F)cc1. The van der Waals surface area contributed by atoms with Gasteiger partial charge < -0.3 is 0 Å². The van der Waals surface area contributed by atoms with Gasteiger partial charge in [-0.25, -0.2) is 9.37 Å². The number of hydrogen-bond acceptors (Lipinski definition) is 4. The van der Waals surface area contributed by atoms with Crippen molar-refractivity contribution in [2.24, 2.45) is 5.84 Å². The van der Waals surface area contributed by atoms with Gasteiger partial charge in [-0.05, 0) is 24.6 Å². The van der Waals surface area contributed by atoms with E-state index in [9.17, 15) is 4.39 Å². The number of nitrogens with zero attached hydrogens (tertiary/aromatic N) is 3. The molecule has 0 saturated heterocycles. The summed E-state index contributed by atoms with van der Waals surface area (Å²) in [7, 11) is 0. The Morgan fingerprint density at radius 2 is 2.00 bits per heavy atom. The van der Waals surface area contributed by atoms with Crippen LogP contribution in [0.1, 0.15) is 32.2 Å². The summed E-state index contributed by atoms with van der Waals surface area (Å²) in [5, 5.41) is 4.18. The standard InChI is InChI=1S/C15H22FN5/c1-4-21-14(18-10-19-21)9-13(20-17)15(2,3)11-5-7-12(16)8-6-11/h5-8,10,13,20H,4,9,17H2,1-3H3. The number of halogens is 1. The molecule has 2 aromatic rings. The van der Waals surface area contributed by atoms with E-state index >= 15 is 0 Å². The van der Waals surface area contributed by atoms with Crippen molar-refractivity contribution >= 4 is 0 Å². The van der Waals surface area contributed by atoms with Crippen LogP contribution in [0.25, 0.3) is 0 Å². The van der Waals surface area contributed by atoms with E-state index in [1.807, 2.05) is 11.6 Å². The largest absolute Gasteiger partial charge is 0.271 e. The van der Waals surface area contributed by atoms with Gasteiger partial charge >= 0.3 is 0 Å². The summed E-state index contributed by atoms with van der Waals surface area (Å²) in [5.74, 6) is 6.40. The lowest BCUT2D eigenvalue weighted by atomic mass is 9.76. The number of nitrogens with one attached hydrogen (secondary N) is 1. The van der Waals surface area contributed by atoms with Crippen LogP contribution >= 0.6 is 0 Å². The van der Waals surface area contributed by atoms with Crippen molar-refractivity contribution in [3.05, 3.63) is 47.8 Å². The molecule has 0 aliphatic carbocycles. The lowest BCUT2D eigenvalue weighted by Gasteiger charge is -2.34. The first-order chi connectivity index (χ1) is 9.98. The highest BCUT2D eigenvalue weighted by atomic mass is 19.1. The lowest BCUT2D eigenvalue weighted by Crippen LogP contribution is -2.50. The van der Waals surface area contributed by atoms with E-state index in [1.165, 1.54) is 12.1 Å². The average molecular weight is 291 g/mol. The summed E-state index contributed by atoms with van der Waals surface area (Å²) >= 11 is 0. The fraction of sp³-hybridized carbons (Fsp3) is 0.467. The molecule has 0 aliphatic heterocycles. The minimum Gasteiger partial charge on any atom is -0.271 e. The molecule has 1 heterocycles. The Kier molecular flexibility index (Phi) is 4.69. The fourth-order valence-electron chi connectivity index (χ4n) is 2.50. The van der Waals surface area contributed by atoms with Crippen LogP contribution in [0.15, 0.2) is 30.6 Å². The first-order valence-electron chi connectivity index (χ1n) is 7.08. The molecule has 0 spiro atoms. The van der Waals surface area contributed by atoms with Gasteiger partial charge in [0.15, 0.2) is 0 Å². The van der Waals surface area contributed by atoms with Crippen molar-refractivity contribution in [1.29, 1.82) is 0 Å². The Morgan fingerprint density at radius 1 is 1.33 bits per heavy atom. The minimum absolute atomic E-state index is 0.0440. The molecule has 0 amide bonds.